The average molecular weight is 302 g/mol. The molecule has 1 aliphatic rings. The third-order valence-electron chi connectivity index (χ3n) is 3.09. The summed E-state index contributed by atoms with van der Waals surface area (Å²) in [6.07, 6.45) is -5.78. The number of hydrogen-bond acceptors (Lipinski definition) is 4. The minimum Gasteiger partial charge on any atom is -0.497 e. The first-order chi connectivity index (χ1) is 9.69. The predicted molar refractivity (Wildman–Crippen MR) is 67.9 cm³/mol. The lowest BCUT2D eigenvalue weighted by molar-refractivity contribution is -0.297. The molecule has 114 valence electrons. The first kappa shape index (κ1) is 15.3. The van der Waals surface area contributed by atoms with Crippen molar-refractivity contribution in [3.05, 3.63) is 29.8 Å². The second-order valence-electron chi connectivity index (χ2n) is 4.68. The highest BCUT2D eigenvalue weighted by Crippen LogP contribution is 2.40. The van der Waals surface area contributed by atoms with Crippen molar-refractivity contribution in [2.24, 2.45) is 5.10 Å². The summed E-state index contributed by atoms with van der Waals surface area (Å²) in [5.74, 6) is -0.734. The monoisotopic (exact) mass is 302 g/mol. The van der Waals surface area contributed by atoms with Gasteiger partial charge in [0.05, 0.1) is 7.11 Å². The third-order valence-corrected chi connectivity index (χ3v) is 3.09. The minimum absolute atomic E-state index is 0.0195. The number of hydrogen-bond donors (Lipinski definition) is 1. The van der Waals surface area contributed by atoms with Crippen LogP contribution in [0, 0.1) is 0 Å². The Balaban J connectivity index is 2.40. The number of nitrogens with zero attached hydrogens (tertiary/aromatic N) is 2. The van der Waals surface area contributed by atoms with E-state index in [0.29, 0.717) is 5.75 Å². The first-order valence-electron chi connectivity index (χ1n) is 6.01. The highest BCUT2D eigenvalue weighted by atomic mass is 19.4. The van der Waals surface area contributed by atoms with E-state index >= 15 is 0 Å². The standard InChI is InChI=1S/C13H13F3N2O3/c1-8-7-12(20,13(14,15)16)18(17-8)11(19)9-4-3-5-10(6-9)21-2/h3-6,20H,7H2,1-2H3/t12-/m1/s1. The molecule has 2 rings (SSSR count). The smallest absolute Gasteiger partial charge is 0.438 e. The Labute approximate surface area is 118 Å². The van der Waals surface area contributed by atoms with E-state index in [9.17, 15) is 23.1 Å². The van der Waals surface area contributed by atoms with E-state index in [0.717, 1.165) is 0 Å². The summed E-state index contributed by atoms with van der Waals surface area (Å²) in [5.41, 5.74) is -3.36. The molecule has 0 aliphatic carbocycles. The summed E-state index contributed by atoms with van der Waals surface area (Å²) >= 11 is 0. The molecule has 5 nitrogen and oxygen atoms in total. The van der Waals surface area contributed by atoms with Crippen LogP contribution in [0.15, 0.2) is 29.4 Å². The molecule has 0 fully saturated rings. The van der Waals surface area contributed by atoms with E-state index in [1.807, 2.05) is 0 Å². The second kappa shape index (κ2) is 5.03. The predicted octanol–water partition coefficient (Wildman–Crippen LogP) is 2.17. The number of hydrazone groups is 1. The molecule has 1 N–H and O–H groups in total. The van der Waals surface area contributed by atoms with Crippen LogP contribution in [0.25, 0.3) is 0 Å². The number of halogens is 3. The molecule has 0 aromatic heterocycles. The van der Waals surface area contributed by atoms with Gasteiger partial charge in [-0.2, -0.15) is 23.3 Å². The van der Waals surface area contributed by atoms with E-state index in [-0.39, 0.29) is 16.3 Å². The molecule has 1 aromatic carbocycles. The van der Waals surface area contributed by atoms with Gasteiger partial charge in [0.15, 0.2) is 0 Å². The van der Waals surface area contributed by atoms with E-state index in [1.165, 1.54) is 32.2 Å². The quantitative estimate of drug-likeness (QED) is 0.910. The van der Waals surface area contributed by atoms with Crippen LogP contribution in [0.5, 0.6) is 5.75 Å². The molecule has 21 heavy (non-hydrogen) atoms. The highest BCUT2D eigenvalue weighted by molar-refractivity contribution is 5.98. The molecule has 1 amide bonds. The molecule has 1 atom stereocenters. The molecular formula is C13H13F3N2O3. The van der Waals surface area contributed by atoms with Crippen molar-refractivity contribution in [2.75, 3.05) is 7.11 Å². The van der Waals surface area contributed by atoms with Crippen LogP contribution < -0.4 is 4.74 Å². The normalized spacial score (nSPS) is 22.2. The molecule has 0 radical (unpaired) electrons. The Kier molecular flexibility index (Phi) is 3.66. The van der Waals surface area contributed by atoms with Crippen molar-refractivity contribution in [1.82, 2.24) is 5.01 Å². The van der Waals surface area contributed by atoms with E-state index < -0.39 is 24.2 Å². The Morgan fingerprint density at radius 1 is 1.48 bits per heavy atom. The maximum atomic E-state index is 13.0. The summed E-state index contributed by atoms with van der Waals surface area (Å²) < 4.78 is 44.1. The molecule has 0 bridgehead atoms. The number of rotatable bonds is 2. The molecule has 1 aromatic rings. The number of methoxy groups -OCH3 is 1. The number of carbonyl (C=O) groups is 1. The van der Waals surface area contributed by atoms with E-state index in [4.69, 9.17) is 4.74 Å². The first-order valence-corrected chi connectivity index (χ1v) is 6.01. The zero-order valence-electron chi connectivity index (χ0n) is 11.3. The van der Waals surface area contributed by atoms with Crippen LogP contribution in [0.3, 0.4) is 0 Å². The molecule has 1 heterocycles. The van der Waals surface area contributed by atoms with Gasteiger partial charge >= 0.3 is 6.18 Å². The maximum absolute atomic E-state index is 13.0. The van der Waals surface area contributed by atoms with Gasteiger partial charge < -0.3 is 9.84 Å². The lowest BCUT2D eigenvalue weighted by Gasteiger charge is -2.32. The largest absolute Gasteiger partial charge is 0.497 e. The van der Waals surface area contributed by atoms with Crippen LogP contribution in [-0.2, 0) is 0 Å². The lowest BCUT2D eigenvalue weighted by atomic mass is 10.1. The number of ether oxygens (including phenoxy) is 1. The molecule has 0 saturated heterocycles. The van der Waals surface area contributed by atoms with Crippen molar-refractivity contribution in [1.29, 1.82) is 0 Å². The van der Waals surface area contributed by atoms with E-state index in [2.05, 4.69) is 5.10 Å². The fourth-order valence-corrected chi connectivity index (χ4v) is 2.03. The van der Waals surface area contributed by atoms with Crippen molar-refractivity contribution in [3.63, 3.8) is 0 Å². The molecule has 0 unspecified atom stereocenters. The van der Waals surface area contributed by atoms with Crippen LogP contribution in [0.1, 0.15) is 23.7 Å². The summed E-state index contributed by atoms with van der Waals surface area (Å²) in [4.78, 5) is 12.2. The number of aliphatic hydroxyl groups is 1. The van der Waals surface area contributed by atoms with Gasteiger partial charge in [0.2, 0.25) is 0 Å². The van der Waals surface area contributed by atoms with Crippen LogP contribution in [0.2, 0.25) is 0 Å². The van der Waals surface area contributed by atoms with Gasteiger partial charge in [-0.05, 0) is 25.1 Å². The molecule has 1 aliphatic heterocycles. The van der Waals surface area contributed by atoms with Crippen molar-refractivity contribution >= 4 is 11.6 Å². The Bertz CT molecular complexity index is 601. The van der Waals surface area contributed by atoms with Crippen molar-refractivity contribution < 1.29 is 27.8 Å². The van der Waals surface area contributed by atoms with Gasteiger partial charge in [-0.25, -0.2) is 0 Å². The number of alkyl halides is 3. The maximum Gasteiger partial charge on any atom is 0.438 e. The number of carbonyl (C=O) groups excluding carboxylic acids is 1. The Morgan fingerprint density at radius 2 is 2.14 bits per heavy atom. The van der Waals surface area contributed by atoms with Gasteiger partial charge in [-0.15, -0.1) is 0 Å². The SMILES string of the molecule is COc1cccc(C(=O)N2N=C(C)C[C@@]2(O)C(F)(F)F)c1. The highest BCUT2D eigenvalue weighted by Gasteiger charge is 2.62. The fraction of sp³-hybridized carbons (Fsp3) is 0.385. The summed E-state index contributed by atoms with van der Waals surface area (Å²) in [6.45, 7) is 1.32. The van der Waals surface area contributed by atoms with Crippen LogP contribution in [0.4, 0.5) is 13.2 Å². The zero-order chi connectivity index (χ0) is 15.8. The van der Waals surface area contributed by atoms with Gasteiger partial charge in [0.25, 0.3) is 11.6 Å². The zero-order valence-corrected chi connectivity index (χ0v) is 11.3. The van der Waals surface area contributed by atoms with Gasteiger partial charge in [0.1, 0.15) is 5.75 Å². The summed E-state index contributed by atoms with van der Waals surface area (Å²) in [6, 6.07) is 5.61. The van der Waals surface area contributed by atoms with Crippen molar-refractivity contribution in [3.8, 4) is 5.75 Å². The van der Waals surface area contributed by atoms with Gasteiger partial charge in [0, 0.05) is 17.7 Å². The Hall–Kier alpha value is -2.09. The fourth-order valence-electron chi connectivity index (χ4n) is 2.03. The van der Waals surface area contributed by atoms with Crippen LogP contribution >= 0.6 is 0 Å². The molecule has 8 heteroatoms. The number of benzene rings is 1. The lowest BCUT2D eigenvalue weighted by Crippen LogP contribution is -2.56. The summed E-state index contributed by atoms with van der Waals surface area (Å²) in [7, 11) is 1.37. The molecule has 0 spiro atoms. The second-order valence-corrected chi connectivity index (χ2v) is 4.68. The van der Waals surface area contributed by atoms with E-state index in [1.54, 1.807) is 6.07 Å². The van der Waals surface area contributed by atoms with Crippen LogP contribution in [-0.4, -0.2) is 40.7 Å². The van der Waals surface area contributed by atoms with Crippen molar-refractivity contribution in [2.45, 2.75) is 25.2 Å². The molecule has 0 saturated carbocycles. The van der Waals surface area contributed by atoms with Gasteiger partial charge in [-0.3, -0.25) is 4.79 Å². The third kappa shape index (κ3) is 2.58. The Morgan fingerprint density at radius 3 is 2.71 bits per heavy atom. The van der Waals surface area contributed by atoms with Gasteiger partial charge in [-0.1, -0.05) is 6.07 Å². The summed E-state index contributed by atoms with van der Waals surface area (Å²) in [5, 5.41) is 13.5. The topological polar surface area (TPSA) is 62.1 Å². The number of amides is 1. The molecular weight excluding hydrogens is 289 g/mol. The average Bonchev–Trinajstić information content (AvgIpc) is 2.74. The minimum atomic E-state index is -5.01.